The standard InChI is InChI=1S/C13H18BrN3O2S/c1-2-19-7-3-6-15-13(20)17-16-9-10-8-11(14)4-5-12(10)18/h4-5,8-9,18H,2-3,6-7H2,1H3,(H2,15,17,20)/b16-9+. The number of hydrogen-bond donors (Lipinski definition) is 3. The summed E-state index contributed by atoms with van der Waals surface area (Å²) in [5.41, 5.74) is 3.29. The van der Waals surface area contributed by atoms with Crippen LogP contribution < -0.4 is 10.7 Å². The first-order chi connectivity index (χ1) is 9.63. The van der Waals surface area contributed by atoms with Gasteiger partial charge in [0, 0.05) is 29.8 Å². The maximum atomic E-state index is 9.62. The van der Waals surface area contributed by atoms with E-state index in [0.29, 0.717) is 17.3 Å². The molecule has 0 unspecified atom stereocenters. The Kier molecular flexibility index (Phi) is 8.17. The molecule has 1 aromatic carbocycles. The number of halogens is 1. The molecule has 0 aliphatic heterocycles. The molecule has 0 atom stereocenters. The third kappa shape index (κ3) is 6.83. The SMILES string of the molecule is CCOCCCNC(=S)N/N=C/c1cc(Br)ccc1O. The van der Waals surface area contributed by atoms with Crippen LogP contribution in [0, 0.1) is 0 Å². The molecule has 0 aliphatic carbocycles. The van der Waals surface area contributed by atoms with Crippen LogP contribution in [0.3, 0.4) is 0 Å². The first-order valence-corrected chi connectivity index (χ1v) is 7.46. The lowest BCUT2D eigenvalue weighted by molar-refractivity contribution is 0.145. The molecule has 110 valence electrons. The molecular formula is C13H18BrN3O2S. The molecule has 20 heavy (non-hydrogen) atoms. The van der Waals surface area contributed by atoms with Gasteiger partial charge >= 0.3 is 0 Å². The van der Waals surface area contributed by atoms with Gasteiger partial charge in [0.25, 0.3) is 0 Å². The monoisotopic (exact) mass is 359 g/mol. The van der Waals surface area contributed by atoms with Crippen molar-refractivity contribution < 1.29 is 9.84 Å². The molecule has 0 aromatic heterocycles. The van der Waals surface area contributed by atoms with Gasteiger partial charge in [0.05, 0.1) is 6.21 Å². The molecule has 3 N–H and O–H groups in total. The predicted molar refractivity (Wildman–Crippen MR) is 88.2 cm³/mol. The molecule has 0 aliphatic rings. The fourth-order valence-electron chi connectivity index (χ4n) is 1.35. The zero-order chi connectivity index (χ0) is 14.8. The molecular weight excluding hydrogens is 342 g/mol. The highest BCUT2D eigenvalue weighted by Crippen LogP contribution is 2.19. The van der Waals surface area contributed by atoms with Crippen molar-refractivity contribution in [3.05, 3.63) is 28.2 Å². The van der Waals surface area contributed by atoms with Crippen LogP contribution in [0.4, 0.5) is 0 Å². The molecule has 0 amide bonds. The van der Waals surface area contributed by atoms with Crippen LogP contribution >= 0.6 is 28.1 Å². The van der Waals surface area contributed by atoms with E-state index in [1.54, 1.807) is 18.2 Å². The molecule has 0 fully saturated rings. The summed E-state index contributed by atoms with van der Waals surface area (Å²) in [6, 6.07) is 5.11. The summed E-state index contributed by atoms with van der Waals surface area (Å²) in [7, 11) is 0. The molecule has 1 rings (SSSR count). The van der Waals surface area contributed by atoms with E-state index in [1.807, 2.05) is 6.92 Å². The number of phenols is 1. The number of nitrogens with zero attached hydrogens (tertiary/aromatic N) is 1. The Morgan fingerprint density at radius 3 is 3.10 bits per heavy atom. The molecule has 7 heteroatoms. The Labute approximate surface area is 132 Å². The van der Waals surface area contributed by atoms with E-state index in [2.05, 4.69) is 31.8 Å². The topological polar surface area (TPSA) is 65.9 Å². The first-order valence-electron chi connectivity index (χ1n) is 6.26. The largest absolute Gasteiger partial charge is 0.507 e. The van der Waals surface area contributed by atoms with Crippen molar-refractivity contribution in [1.29, 1.82) is 0 Å². The van der Waals surface area contributed by atoms with Crippen LogP contribution in [-0.2, 0) is 4.74 Å². The number of rotatable bonds is 7. The Balaban J connectivity index is 2.29. The van der Waals surface area contributed by atoms with Crippen molar-refractivity contribution in [3.8, 4) is 5.75 Å². The van der Waals surface area contributed by atoms with Gasteiger partial charge in [0.1, 0.15) is 5.75 Å². The Morgan fingerprint density at radius 1 is 1.55 bits per heavy atom. The number of nitrogens with one attached hydrogen (secondary N) is 2. The van der Waals surface area contributed by atoms with E-state index in [9.17, 15) is 5.11 Å². The molecule has 1 aromatic rings. The average molecular weight is 360 g/mol. The van der Waals surface area contributed by atoms with Crippen LogP contribution in [-0.4, -0.2) is 36.2 Å². The van der Waals surface area contributed by atoms with Crippen LogP contribution in [0.15, 0.2) is 27.8 Å². The van der Waals surface area contributed by atoms with E-state index in [4.69, 9.17) is 17.0 Å². The van der Waals surface area contributed by atoms with Crippen LogP contribution in [0.2, 0.25) is 0 Å². The molecule has 0 bridgehead atoms. The lowest BCUT2D eigenvalue weighted by Gasteiger charge is -2.06. The Hall–Kier alpha value is -1.18. The summed E-state index contributed by atoms with van der Waals surface area (Å²) < 4.78 is 6.08. The second kappa shape index (κ2) is 9.68. The van der Waals surface area contributed by atoms with Gasteiger partial charge in [-0.2, -0.15) is 5.10 Å². The summed E-state index contributed by atoms with van der Waals surface area (Å²) in [6.07, 6.45) is 2.39. The smallest absolute Gasteiger partial charge is 0.186 e. The third-order valence-electron chi connectivity index (χ3n) is 2.31. The van der Waals surface area contributed by atoms with Gasteiger partial charge in [-0.05, 0) is 43.8 Å². The van der Waals surface area contributed by atoms with Crippen molar-refractivity contribution in [2.75, 3.05) is 19.8 Å². The maximum absolute atomic E-state index is 9.62. The lowest BCUT2D eigenvalue weighted by atomic mass is 10.2. The van der Waals surface area contributed by atoms with Crippen molar-refractivity contribution in [1.82, 2.24) is 10.7 Å². The Bertz CT molecular complexity index is 469. The van der Waals surface area contributed by atoms with E-state index in [0.717, 1.165) is 24.0 Å². The van der Waals surface area contributed by atoms with E-state index < -0.39 is 0 Å². The highest BCUT2D eigenvalue weighted by molar-refractivity contribution is 9.10. The fourth-order valence-corrected chi connectivity index (χ4v) is 1.88. The molecule has 0 saturated heterocycles. The van der Waals surface area contributed by atoms with Gasteiger partial charge in [0.15, 0.2) is 5.11 Å². The van der Waals surface area contributed by atoms with Gasteiger partial charge in [0.2, 0.25) is 0 Å². The number of aromatic hydroxyl groups is 1. The number of ether oxygens (including phenoxy) is 1. The zero-order valence-corrected chi connectivity index (χ0v) is 13.6. The van der Waals surface area contributed by atoms with Gasteiger partial charge in [-0.15, -0.1) is 0 Å². The molecule has 0 spiro atoms. The maximum Gasteiger partial charge on any atom is 0.186 e. The first kappa shape index (κ1) is 16.9. The van der Waals surface area contributed by atoms with Crippen molar-refractivity contribution in [3.63, 3.8) is 0 Å². The van der Waals surface area contributed by atoms with Crippen molar-refractivity contribution in [2.24, 2.45) is 5.10 Å². The highest BCUT2D eigenvalue weighted by Gasteiger charge is 1.98. The summed E-state index contributed by atoms with van der Waals surface area (Å²) in [5.74, 6) is 0.161. The second-order valence-corrected chi connectivity index (χ2v) is 5.20. The third-order valence-corrected chi connectivity index (χ3v) is 3.04. The number of benzene rings is 1. The molecule has 5 nitrogen and oxygen atoms in total. The van der Waals surface area contributed by atoms with E-state index in [-0.39, 0.29) is 5.75 Å². The minimum atomic E-state index is 0.161. The minimum Gasteiger partial charge on any atom is -0.507 e. The van der Waals surface area contributed by atoms with Crippen LogP contribution in [0.25, 0.3) is 0 Å². The predicted octanol–water partition coefficient (Wildman–Crippen LogP) is 2.38. The number of hydrogen-bond acceptors (Lipinski definition) is 4. The summed E-state index contributed by atoms with van der Waals surface area (Å²) >= 11 is 8.39. The number of hydrazone groups is 1. The second-order valence-electron chi connectivity index (χ2n) is 3.88. The molecule has 0 heterocycles. The average Bonchev–Trinajstić information content (AvgIpc) is 2.42. The molecule has 0 radical (unpaired) electrons. The Morgan fingerprint density at radius 2 is 2.35 bits per heavy atom. The fraction of sp³-hybridized carbons (Fsp3) is 0.385. The van der Waals surface area contributed by atoms with Crippen molar-refractivity contribution in [2.45, 2.75) is 13.3 Å². The van der Waals surface area contributed by atoms with Gasteiger partial charge in [-0.25, -0.2) is 0 Å². The van der Waals surface area contributed by atoms with Crippen LogP contribution in [0.1, 0.15) is 18.9 Å². The van der Waals surface area contributed by atoms with Gasteiger partial charge in [-0.3, -0.25) is 5.43 Å². The lowest BCUT2D eigenvalue weighted by Crippen LogP contribution is -2.33. The van der Waals surface area contributed by atoms with E-state index in [1.165, 1.54) is 6.21 Å². The highest BCUT2D eigenvalue weighted by atomic mass is 79.9. The van der Waals surface area contributed by atoms with Gasteiger partial charge < -0.3 is 15.2 Å². The quantitative estimate of drug-likeness (QED) is 0.302. The molecule has 0 saturated carbocycles. The zero-order valence-electron chi connectivity index (χ0n) is 11.2. The summed E-state index contributed by atoms with van der Waals surface area (Å²) in [6.45, 7) is 4.12. The van der Waals surface area contributed by atoms with Crippen LogP contribution in [0.5, 0.6) is 5.75 Å². The minimum absolute atomic E-state index is 0.161. The normalized spacial score (nSPS) is 10.7. The number of phenolic OH excluding ortho intramolecular Hbond substituents is 1. The van der Waals surface area contributed by atoms with Crippen molar-refractivity contribution >= 4 is 39.5 Å². The summed E-state index contributed by atoms with van der Waals surface area (Å²) in [4.78, 5) is 0. The van der Waals surface area contributed by atoms with Gasteiger partial charge in [-0.1, -0.05) is 15.9 Å². The number of thiocarbonyl (C=S) groups is 1. The van der Waals surface area contributed by atoms with E-state index >= 15 is 0 Å². The summed E-state index contributed by atoms with van der Waals surface area (Å²) in [5, 5.41) is 17.0.